The Balaban J connectivity index is 1.43. The molecule has 0 bridgehead atoms. The number of pyridine rings is 1. The molecule has 0 unspecified atom stereocenters. The maximum Gasteiger partial charge on any atom is 0.246 e. The number of hydrogen-bond acceptors (Lipinski definition) is 6. The van der Waals surface area contributed by atoms with Gasteiger partial charge in [-0.2, -0.15) is 4.98 Å². The van der Waals surface area contributed by atoms with Crippen LogP contribution in [0.2, 0.25) is 5.02 Å². The molecule has 0 saturated carbocycles. The Morgan fingerprint density at radius 3 is 2.93 bits per heavy atom. The van der Waals surface area contributed by atoms with Crippen molar-refractivity contribution in [3.63, 3.8) is 0 Å². The number of methoxy groups -OCH3 is 1. The topological polar surface area (TPSA) is 85.1 Å². The highest BCUT2D eigenvalue weighted by molar-refractivity contribution is 7.80. The third-order valence-electron chi connectivity index (χ3n) is 4.15. The highest BCUT2D eigenvalue weighted by Gasteiger charge is 2.11. The molecule has 0 aliphatic rings. The molecule has 0 atom stereocenters. The molecular formula is C20H16ClN5O2S. The van der Waals surface area contributed by atoms with Crippen molar-refractivity contribution in [2.45, 2.75) is 6.54 Å². The number of halogens is 1. The van der Waals surface area contributed by atoms with Crippen molar-refractivity contribution >= 4 is 45.5 Å². The minimum Gasteiger partial charge on any atom is -0.494 e. The third kappa shape index (κ3) is 4.28. The molecule has 2 heterocycles. The lowest BCUT2D eigenvalue weighted by Crippen LogP contribution is -2.28. The summed E-state index contributed by atoms with van der Waals surface area (Å²) in [7, 11) is 1.62. The van der Waals surface area contributed by atoms with Crippen molar-refractivity contribution in [2.75, 3.05) is 12.4 Å². The van der Waals surface area contributed by atoms with Crippen molar-refractivity contribution in [1.82, 2.24) is 20.4 Å². The van der Waals surface area contributed by atoms with Crippen LogP contribution in [0.15, 0.2) is 59.3 Å². The second-order valence-corrected chi connectivity index (χ2v) is 6.89. The Morgan fingerprint density at radius 1 is 1.21 bits per heavy atom. The summed E-state index contributed by atoms with van der Waals surface area (Å²) in [5.41, 5.74) is 2.35. The van der Waals surface area contributed by atoms with Crippen molar-refractivity contribution in [1.29, 1.82) is 0 Å². The molecule has 2 N–H and O–H groups in total. The van der Waals surface area contributed by atoms with E-state index in [0.717, 1.165) is 22.2 Å². The van der Waals surface area contributed by atoms with E-state index in [0.29, 0.717) is 27.6 Å². The van der Waals surface area contributed by atoms with Crippen LogP contribution in [0, 0.1) is 0 Å². The predicted molar refractivity (Wildman–Crippen MR) is 116 cm³/mol. The first-order valence-corrected chi connectivity index (χ1v) is 9.48. The predicted octanol–water partition coefficient (Wildman–Crippen LogP) is 4.43. The Hall–Kier alpha value is -3.23. The molecule has 0 amide bonds. The van der Waals surface area contributed by atoms with Gasteiger partial charge in [-0.15, -0.1) is 0 Å². The fourth-order valence-corrected chi connectivity index (χ4v) is 3.19. The van der Waals surface area contributed by atoms with E-state index in [2.05, 4.69) is 25.8 Å². The van der Waals surface area contributed by atoms with E-state index in [1.165, 1.54) is 0 Å². The van der Waals surface area contributed by atoms with E-state index in [1.807, 2.05) is 36.4 Å². The summed E-state index contributed by atoms with van der Waals surface area (Å²) in [6.07, 6.45) is 1.72. The van der Waals surface area contributed by atoms with Crippen molar-refractivity contribution in [2.24, 2.45) is 0 Å². The van der Waals surface area contributed by atoms with Gasteiger partial charge < -0.3 is 19.9 Å². The number of anilines is 1. The quantitative estimate of drug-likeness (QED) is 0.454. The van der Waals surface area contributed by atoms with E-state index in [1.54, 1.807) is 25.4 Å². The number of hydrogen-bond donors (Lipinski definition) is 2. The number of aromatic nitrogens is 3. The standard InChI is InChI=1S/C20H16ClN5O2S/c1-27-16-8-7-15(14-6-3-9-22-18(14)16)24-20(29)23-11-17-25-19(26-28-17)12-4-2-5-13(21)10-12/h2-10H,11H2,1H3,(H2,23,24,29). The van der Waals surface area contributed by atoms with Crippen molar-refractivity contribution in [3.8, 4) is 17.1 Å². The number of fused-ring (bicyclic) bond motifs is 1. The fourth-order valence-electron chi connectivity index (χ4n) is 2.81. The first kappa shape index (κ1) is 19.1. The van der Waals surface area contributed by atoms with Gasteiger partial charge in [-0.3, -0.25) is 4.98 Å². The zero-order valence-corrected chi connectivity index (χ0v) is 16.9. The van der Waals surface area contributed by atoms with Gasteiger partial charge >= 0.3 is 0 Å². The van der Waals surface area contributed by atoms with Gasteiger partial charge in [-0.25, -0.2) is 0 Å². The lowest BCUT2D eigenvalue weighted by atomic mass is 10.1. The molecule has 4 rings (SSSR count). The van der Waals surface area contributed by atoms with Crippen LogP contribution in [-0.4, -0.2) is 27.3 Å². The highest BCUT2D eigenvalue weighted by atomic mass is 35.5. The minimum atomic E-state index is 0.283. The zero-order valence-electron chi connectivity index (χ0n) is 15.3. The van der Waals surface area contributed by atoms with E-state index in [4.69, 9.17) is 33.1 Å². The van der Waals surface area contributed by atoms with E-state index < -0.39 is 0 Å². The van der Waals surface area contributed by atoms with Crippen LogP contribution >= 0.6 is 23.8 Å². The summed E-state index contributed by atoms with van der Waals surface area (Å²) in [6, 6.07) is 14.8. The van der Waals surface area contributed by atoms with Gasteiger partial charge in [0, 0.05) is 27.9 Å². The molecule has 4 aromatic rings. The molecular weight excluding hydrogens is 410 g/mol. The lowest BCUT2D eigenvalue weighted by molar-refractivity contribution is 0.376. The van der Waals surface area contributed by atoms with Gasteiger partial charge in [-0.1, -0.05) is 28.9 Å². The fraction of sp³-hybridized carbons (Fsp3) is 0.100. The smallest absolute Gasteiger partial charge is 0.246 e. The Kier molecular flexibility index (Phi) is 5.55. The molecule has 9 heteroatoms. The van der Waals surface area contributed by atoms with Gasteiger partial charge in [0.05, 0.1) is 13.7 Å². The summed E-state index contributed by atoms with van der Waals surface area (Å²) in [4.78, 5) is 8.74. The van der Waals surface area contributed by atoms with Gasteiger partial charge in [0.25, 0.3) is 0 Å². The summed E-state index contributed by atoms with van der Waals surface area (Å²) in [5, 5.41) is 12.1. The maximum atomic E-state index is 6.01. The van der Waals surface area contributed by atoms with Crippen LogP contribution in [0.4, 0.5) is 5.69 Å². The third-order valence-corrected chi connectivity index (χ3v) is 4.63. The van der Waals surface area contributed by atoms with Crippen LogP contribution in [0.25, 0.3) is 22.3 Å². The number of thiocarbonyl (C=S) groups is 1. The average molecular weight is 426 g/mol. The van der Waals surface area contributed by atoms with Crippen LogP contribution < -0.4 is 15.4 Å². The number of rotatable bonds is 5. The molecule has 0 aliphatic heterocycles. The number of benzene rings is 2. The van der Waals surface area contributed by atoms with Crippen LogP contribution in [-0.2, 0) is 6.54 Å². The second-order valence-electron chi connectivity index (χ2n) is 6.04. The first-order chi connectivity index (χ1) is 14.1. The SMILES string of the molecule is COc1ccc(NC(=S)NCc2nc(-c3cccc(Cl)c3)no2)c2cccnc12. The monoisotopic (exact) mass is 425 g/mol. The number of nitrogens with one attached hydrogen (secondary N) is 2. The second kappa shape index (κ2) is 8.42. The summed E-state index contributed by atoms with van der Waals surface area (Å²) >= 11 is 11.4. The molecule has 0 spiro atoms. The van der Waals surface area contributed by atoms with Gasteiger partial charge in [0.15, 0.2) is 5.11 Å². The Morgan fingerprint density at radius 2 is 2.10 bits per heavy atom. The highest BCUT2D eigenvalue weighted by Crippen LogP contribution is 2.29. The molecule has 2 aromatic carbocycles. The minimum absolute atomic E-state index is 0.283. The summed E-state index contributed by atoms with van der Waals surface area (Å²) in [6.45, 7) is 0.283. The zero-order chi connectivity index (χ0) is 20.2. The normalized spacial score (nSPS) is 10.7. The lowest BCUT2D eigenvalue weighted by Gasteiger charge is -2.13. The van der Waals surface area contributed by atoms with Gasteiger partial charge in [0.1, 0.15) is 11.3 Å². The van der Waals surface area contributed by atoms with E-state index in [-0.39, 0.29) is 6.54 Å². The van der Waals surface area contributed by atoms with E-state index in [9.17, 15) is 0 Å². The molecule has 7 nitrogen and oxygen atoms in total. The first-order valence-electron chi connectivity index (χ1n) is 8.69. The van der Waals surface area contributed by atoms with Crippen molar-refractivity contribution in [3.05, 3.63) is 65.6 Å². The van der Waals surface area contributed by atoms with Crippen LogP contribution in [0.1, 0.15) is 5.89 Å². The Bertz CT molecular complexity index is 1180. The Labute approximate surface area is 177 Å². The van der Waals surface area contributed by atoms with Crippen LogP contribution in [0.5, 0.6) is 5.75 Å². The summed E-state index contributed by atoms with van der Waals surface area (Å²) < 4.78 is 10.6. The number of ether oxygens (including phenoxy) is 1. The maximum absolute atomic E-state index is 6.01. The number of nitrogens with zero attached hydrogens (tertiary/aromatic N) is 3. The van der Waals surface area contributed by atoms with Crippen molar-refractivity contribution < 1.29 is 9.26 Å². The van der Waals surface area contributed by atoms with E-state index >= 15 is 0 Å². The van der Waals surface area contributed by atoms with Gasteiger partial charge in [0.2, 0.25) is 11.7 Å². The van der Waals surface area contributed by atoms with Gasteiger partial charge in [-0.05, 0) is 48.6 Å². The average Bonchev–Trinajstić information content (AvgIpc) is 3.22. The molecule has 0 fully saturated rings. The molecule has 2 aromatic heterocycles. The molecule has 0 radical (unpaired) electrons. The molecule has 0 aliphatic carbocycles. The molecule has 29 heavy (non-hydrogen) atoms. The largest absolute Gasteiger partial charge is 0.494 e. The molecule has 146 valence electrons. The molecule has 0 saturated heterocycles. The van der Waals surface area contributed by atoms with Crippen LogP contribution in [0.3, 0.4) is 0 Å². The summed E-state index contributed by atoms with van der Waals surface area (Å²) in [5.74, 6) is 1.57.